The van der Waals surface area contributed by atoms with E-state index < -0.39 is 0 Å². The van der Waals surface area contributed by atoms with E-state index in [9.17, 15) is 4.79 Å². The van der Waals surface area contributed by atoms with Gasteiger partial charge in [0, 0.05) is 28.5 Å². The van der Waals surface area contributed by atoms with Gasteiger partial charge in [0.25, 0.3) is 0 Å². The maximum Gasteiger partial charge on any atom is 0.187 e. The largest absolute Gasteiger partial charge is 0.362 e. The molecule has 0 saturated heterocycles. The molecule has 0 saturated carbocycles. The second-order valence-corrected chi connectivity index (χ2v) is 5.73. The molecule has 0 atom stereocenters. The molecule has 0 bridgehead atoms. The summed E-state index contributed by atoms with van der Waals surface area (Å²) in [7, 11) is 0. The lowest BCUT2D eigenvalue weighted by Crippen LogP contribution is -1.96. The van der Waals surface area contributed by atoms with Crippen molar-refractivity contribution < 1.29 is 4.79 Å². The molecule has 2 nitrogen and oxygen atoms in total. The van der Waals surface area contributed by atoms with E-state index in [1.165, 1.54) is 6.08 Å². The Morgan fingerprint density at radius 2 is 1.42 bits per heavy atom. The predicted molar refractivity (Wildman–Crippen MR) is 100 cm³/mol. The maximum absolute atomic E-state index is 12.2. The standard InChI is InChI=1S/C21H16ClNO/c22-19-10-12-20(13-11-19)23-15-14-21(24)18-8-6-17(7-9-18)16-4-2-1-3-5-16/h1-15,23H. The fourth-order valence-corrected chi connectivity index (χ4v) is 2.44. The molecule has 0 aromatic heterocycles. The molecule has 0 radical (unpaired) electrons. The molecule has 1 N–H and O–H groups in total. The van der Waals surface area contributed by atoms with Gasteiger partial charge in [-0.2, -0.15) is 0 Å². The number of allylic oxidation sites excluding steroid dienone is 1. The molecule has 0 unspecified atom stereocenters. The zero-order chi connectivity index (χ0) is 16.8. The number of hydrogen-bond acceptors (Lipinski definition) is 2. The van der Waals surface area contributed by atoms with Crippen molar-refractivity contribution in [3.05, 3.63) is 102 Å². The highest BCUT2D eigenvalue weighted by Crippen LogP contribution is 2.19. The molecular weight excluding hydrogens is 318 g/mol. The summed E-state index contributed by atoms with van der Waals surface area (Å²) in [6.45, 7) is 0. The molecule has 0 fully saturated rings. The summed E-state index contributed by atoms with van der Waals surface area (Å²) in [5.41, 5.74) is 3.76. The van der Waals surface area contributed by atoms with Crippen LogP contribution in [0.1, 0.15) is 10.4 Å². The molecule has 0 amide bonds. The highest BCUT2D eigenvalue weighted by Gasteiger charge is 2.02. The summed E-state index contributed by atoms with van der Waals surface area (Å²) < 4.78 is 0. The number of hydrogen-bond donors (Lipinski definition) is 1. The molecule has 0 spiro atoms. The van der Waals surface area contributed by atoms with Gasteiger partial charge in [0.2, 0.25) is 0 Å². The number of halogens is 1. The molecule has 3 aromatic carbocycles. The Kier molecular flexibility index (Phi) is 5.09. The van der Waals surface area contributed by atoms with Crippen molar-refractivity contribution in [1.82, 2.24) is 0 Å². The lowest BCUT2D eigenvalue weighted by atomic mass is 10.0. The third-order valence-electron chi connectivity index (χ3n) is 3.61. The number of ketones is 1. The van der Waals surface area contributed by atoms with E-state index >= 15 is 0 Å². The first-order valence-corrected chi connectivity index (χ1v) is 7.99. The van der Waals surface area contributed by atoms with Crippen LogP contribution in [-0.2, 0) is 0 Å². The molecule has 3 aromatic rings. The van der Waals surface area contributed by atoms with Crippen molar-refractivity contribution in [2.45, 2.75) is 0 Å². The summed E-state index contributed by atoms with van der Waals surface area (Å²) in [5, 5.41) is 3.73. The van der Waals surface area contributed by atoms with Crippen molar-refractivity contribution >= 4 is 23.1 Å². The quantitative estimate of drug-likeness (QED) is 0.471. The topological polar surface area (TPSA) is 29.1 Å². The predicted octanol–water partition coefficient (Wildman–Crippen LogP) is 5.82. The zero-order valence-electron chi connectivity index (χ0n) is 12.9. The first-order valence-electron chi connectivity index (χ1n) is 7.61. The van der Waals surface area contributed by atoms with Gasteiger partial charge in [0.1, 0.15) is 0 Å². The SMILES string of the molecule is O=C(C=CNc1ccc(Cl)cc1)c1ccc(-c2ccccc2)cc1. The van der Waals surface area contributed by atoms with Gasteiger partial charge in [-0.25, -0.2) is 0 Å². The highest BCUT2D eigenvalue weighted by atomic mass is 35.5. The zero-order valence-corrected chi connectivity index (χ0v) is 13.7. The molecule has 3 rings (SSSR count). The van der Waals surface area contributed by atoms with E-state index in [1.807, 2.05) is 66.7 Å². The molecule has 0 heterocycles. The number of nitrogens with one attached hydrogen (secondary N) is 1. The Hall–Kier alpha value is -2.84. The molecule has 24 heavy (non-hydrogen) atoms. The summed E-state index contributed by atoms with van der Waals surface area (Å²) in [6, 6.07) is 25.0. The molecular formula is C21H16ClNO. The molecule has 0 aliphatic heterocycles. The monoisotopic (exact) mass is 333 g/mol. The van der Waals surface area contributed by atoms with Gasteiger partial charge >= 0.3 is 0 Å². The average molecular weight is 334 g/mol. The first-order chi connectivity index (χ1) is 11.7. The van der Waals surface area contributed by atoms with E-state index in [-0.39, 0.29) is 5.78 Å². The summed E-state index contributed by atoms with van der Waals surface area (Å²) in [4.78, 5) is 12.2. The van der Waals surface area contributed by atoms with Crippen molar-refractivity contribution in [1.29, 1.82) is 0 Å². The lowest BCUT2D eigenvalue weighted by molar-refractivity contribution is 0.104. The number of carbonyl (C=O) groups excluding carboxylic acids is 1. The van der Waals surface area contributed by atoms with Crippen LogP contribution in [0.3, 0.4) is 0 Å². The minimum Gasteiger partial charge on any atom is -0.362 e. The van der Waals surface area contributed by atoms with Gasteiger partial charge in [0.15, 0.2) is 5.78 Å². The first kappa shape index (κ1) is 16.0. The fraction of sp³-hybridized carbons (Fsp3) is 0. The minimum atomic E-state index is -0.0453. The molecule has 3 heteroatoms. The minimum absolute atomic E-state index is 0.0453. The normalized spacial score (nSPS) is 10.7. The Bertz CT molecular complexity index is 837. The van der Waals surface area contributed by atoms with Crippen LogP contribution in [0.4, 0.5) is 5.69 Å². The van der Waals surface area contributed by atoms with Crippen LogP contribution in [0.2, 0.25) is 5.02 Å². The molecule has 118 valence electrons. The third-order valence-corrected chi connectivity index (χ3v) is 3.86. The summed E-state index contributed by atoms with van der Waals surface area (Å²) >= 11 is 5.83. The van der Waals surface area contributed by atoms with Crippen LogP contribution < -0.4 is 5.32 Å². The van der Waals surface area contributed by atoms with E-state index in [2.05, 4.69) is 5.32 Å². The van der Waals surface area contributed by atoms with E-state index in [0.717, 1.165) is 16.8 Å². The number of anilines is 1. The second-order valence-electron chi connectivity index (χ2n) is 5.29. The number of rotatable bonds is 5. The summed E-state index contributed by atoms with van der Waals surface area (Å²) in [5.74, 6) is -0.0453. The number of benzene rings is 3. The molecule has 0 aliphatic rings. The van der Waals surface area contributed by atoms with Crippen LogP contribution >= 0.6 is 11.6 Å². The Morgan fingerprint density at radius 1 is 0.792 bits per heavy atom. The van der Waals surface area contributed by atoms with Gasteiger partial charge in [-0.15, -0.1) is 0 Å². The third kappa shape index (κ3) is 4.12. The molecule has 0 aliphatic carbocycles. The van der Waals surface area contributed by atoms with Crippen molar-refractivity contribution in [3.8, 4) is 11.1 Å². The van der Waals surface area contributed by atoms with Gasteiger partial charge in [0.05, 0.1) is 0 Å². The lowest BCUT2D eigenvalue weighted by Gasteiger charge is -2.03. The van der Waals surface area contributed by atoms with E-state index in [1.54, 1.807) is 18.3 Å². The smallest absolute Gasteiger partial charge is 0.187 e. The van der Waals surface area contributed by atoms with Crippen molar-refractivity contribution in [3.63, 3.8) is 0 Å². The van der Waals surface area contributed by atoms with Crippen LogP contribution in [0.15, 0.2) is 91.1 Å². The van der Waals surface area contributed by atoms with Gasteiger partial charge < -0.3 is 5.32 Å². The second kappa shape index (κ2) is 7.62. The van der Waals surface area contributed by atoms with Crippen LogP contribution in [0.25, 0.3) is 11.1 Å². The fourth-order valence-electron chi connectivity index (χ4n) is 2.31. The van der Waals surface area contributed by atoms with Crippen molar-refractivity contribution in [2.24, 2.45) is 0 Å². The number of carbonyl (C=O) groups is 1. The van der Waals surface area contributed by atoms with Crippen LogP contribution in [0, 0.1) is 0 Å². The average Bonchev–Trinajstić information content (AvgIpc) is 2.64. The Balaban J connectivity index is 1.64. The van der Waals surface area contributed by atoms with Gasteiger partial charge in [-0.1, -0.05) is 66.2 Å². The van der Waals surface area contributed by atoms with E-state index in [4.69, 9.17) is 11.6 Å². The summed E-state index contributed by atoms with van der Waals surface area (Å²) in [6.07, 6.45) is 3.16. The van der Waals surface area contributed by atoms with Crippen molar-refractivity contribution in [2.75, 3.05) is 5.32 Å². The van der Waals surface area contributed by atoms with Crippen LogP contribution in [0.5, 0.6) is 0 Å². The van der Waals surface area contributed by atoms with E-state index in [0.29, 0.717) is 10.6 Å². The van der Waals surface area contributed by atoms with Crippen LogP contribution in [-0.4, -0.2) is 5.78 Å². The van der Waals surface area contributed by atoms with Gasteiger partial charge in [-0.05, 0) is 35.4 Å². The highest BCUT2D eigenvalue weighted by molar-refractivity contribution is 6.30. The Morgan fingerprint density at radius 3 is 2.08 bits per heavy atom. The maximum atomic E-state index is 12.2. The Labute approximate surface area is 146 Å². The van der Waals surface area contributed by atoms with Gasteiger partial charge in [-0.3, -0.25) is 4.79 Å².